The SMILES string of the molecule is CCC(O)CCC(=O)Cc1ccc2nc(C)c(-c3ccccc3F)c(C(N)=O)c2c1. The highest BCUT2D eigenvalue weighted by molar-refractivity contribution is 6.11. The summed E-state index contributed by atoms with van der Waals surface area (Å²) in [7, 11) is 0. The summed E-state index contributed by atoms with van der Waals surface area (Å²) in [6.45, 7) is 3.58. The number of aryl methyl sites for hydroxylation is 1. The lowest BCUT2D eigenvalue weighted by Gasteiger charge is -2.15. The number of Topliss-reactive ketones (excluding diaryl/α,β-unsaturated/α-hetero) is 1. The molecule has 0 bridgehead atoms. The maximum Gasteiger partial charge on any atom is 0.250 e. The average molecular weight is 408 g/mol. The zero-order valence-corrected chi connectivity index (χ0v) is 17.1. The molecule has 5 nitrogen and oxygen atoms in total. The van der Waals surface area contributed by atoms with Gasteiger partial charge >= 0.3 is 0 Å². The molecule has 1 amide bonds. The maximum atomic E-state index is 14.5. The highest BCUT2D eigenvalue weighted by Crippen LogP contribution is 2.33. The Morgan fingerprint density at radius 1 is 1.20 bits per heavy atom. The number of nitrogens with zero attached hydrogens (tertiary/aromatic N) is 1. The number of hydrogen-bond donors (Lipinski definition) is 2. The van der Waals surface area contributed by atoms with Gasteiger partial charge in [0.25, 0.3) is 0 Å². The molecule has 6 heteroatoms. The summed E-state index contributed by atoms with van der Waals surface area (Å²) in [5.41, 5.74) is 8.28. The van der Waals surface area contributed by atoms with Crippen LogP contribution in [0.1, 0.15) is 47.8 Å². The normalized spacial score (nSPS) is 12.1. The predicted molar refractivity (Wildman–Crippen MR) is 115 cm³/mol. The quantitative estimate of drug-likeness (QED) is 0.587. The van der Waals surface area contributed by atoms with Crippen LogP contribution in [0.5, 0.6) is 0 Å². The van der Waals surface area contributed by atoms with Gasteiger partial charge in [-0.05, 0) is 43.5 Å². The molecular formula is C24H25FN2O3. The van der Waals surface area contributed by atoms with E-state index < -0.39 is 17.8 Å². The van der Waals surface area contributed by atoms with Crippen molar-refractivity contribution in [2.45, 2.75) is 45.6 Å². The number of carbonyl (C=O) groups is 2. The van der Waals surface area contributed by atoms with Gasteiger partial charge in [-0.15, -0.1) is 0 Å². The number of ketones is 1. The number of carbonyl (C=O) groups excluding carboxylic acids is 2. The fourth-order valence-electron chi connectivity index (χ4n) is 3.64. The molecule has 1 heterocycles. The van der Waals surface area contributed by atoms with Gasteiger partial charge in [-0.25, -0.2) is 4.39 Å². The first-order chi connectivity index (χ1) is 14.3. The summed E-state index contributed by atoms with van der Waals surface area (Å²) in [5.74, 6) is -1.15. The number of hydrogen-bond acceptors (Lipinski definition) is 4. The van der Waals surface area contributed by atoms with E-state index in [1.54, 1.807) is 43.3 Å². The maximum absolute atomic E-state index is 14.5. The molecule has 3 N–H and O–H groups in total. The van der Waals surface area contributed by atoms with Crippen molar-refractivity contribution in [1.29, 1.82) is 0 Å². The van der Waals surface area contributed by atoms with Crippen molar-refractivity contribution in [3.05, 3.63) is 65.1 Å². The van der Waals surface area contributed by atoms with E-state index in [0.29, 0.717) is 40.6 Å². The van der Waals surface area contributed by atoms with E-state index in [9.17, 15) is 19.1 Å². The number of nitrogens with two attached hydrogens (primary N) is 1. The van der Waals surface area contributed by atoms with Crippen molar-refractivity contribution in [2.75, 3.05) is 0 Å². The third-order valence-corrected chi connectivity index (χ3v) is 5.25. The van der Waals surface area contributed by atoms with Gasteiger partial charge in [-0.2, -0.15) is 0 Å². The van der Waals surface area contributed by atoms with E-state index in [2.05, 4.69) is 4.98 Å². The smallest absolute Gasteiger partial charge is 0.250 e. The predicted octanol–water partition coefficient (Wildman–Crippen LogP) is 4.11. The minimum absolute atomic E-state index is 0.00290. The molecule has 30 heavy (non-hydrogen) atoms. The zero-order chi connectivity index (χ0) is 21.8. The molecule has 3 rings (SSSR count). The Labute approximate surface area is 174 Å². The molecule has 0 aliphatic rings. The van der Waals surface area contributed by atoms with Crippen LogP contribution in [-0.4, -0.2) is 27.9 Å². The second-order valence-electron chi connectivity index (χ2n) is 7.46. The van der Waals surface area contributed by atoms with Gasteiger partial charge in [0.05, 0.1) is 17.2 Å². The molecule has 1 atom stereocenters. The van der Waals surface area contributed by atoms with Crippen LogP contribution in [0.25, 0.3) is 22.0 Å². The van der Waals surface area contributed by atoms with Crippen LogP contribution in [0.2, 0.25) is 0 Å². The lowest BCUT2D eigenvalue weighted by Crippen LogP contribution is -2.15. The Kier molecular flexibility index (Phi) is 6.57. The van der Waals surface area contributed by atoms with Gasteiger partial charge in [0.2, 0.25) is 5.91 Å². The van der Waals surface area contributed by atoms with Gasteiger partial charge < -0.3 is 10.8 Å². The molecule has 0 aliphatic carbocycles. The highest BCUT2D eigenvalue weighted by Gasteiger charge is 2.21. The number of aliphatic hydroxyl groups is 1. The molecule has 0 saturated carbocycles. The van der Waals surface area contributed by atoms with Crippen LogP contribution >= 0.6 is 0 Å². The van der Waals surface area contributed by atoms with E-state index in [1.165, 1.54) is 6.07 Å². The van der Waals surface area contributed by atoms with Crippen molar-refractivity contribution in [3.63, 3.8) is 0 Å². The van der Waals surface area contributed by atoms with E-state index in [4.69, 9.17) is 5.73 Å². The number of primary amides is 1. The van der Waals surface area contributed by atoms with Crippen molar-refractivity contribution in [1.82, 2.24) is 4.98 Å². The largest absolute Gasteiger partial charge is 0.393 e. The van der Waals surface area contributed by atoms with E-state index in [1.807, 2.05) is 6.92 Å². The fourth-order valence-corrected chi connectivity index (χ4v) is 3.64. The summed E-state index contributed by atoms with van der Waals surface area (Å²) in [6, 6.07) is 11.4. The number of halogens is 1. The molecule has 0 radical (unpaired) electrons. The lowest BCUT2D eigenvalue weighted by molar-refractivity contribution is -0.119. The summed E-state index contributed by atoms with van der Waals surface area (Å²) >= 11 is 0. The van der Waals surface area contributed by atoms with Gasteiger partial charge in [-0.3, -0.25) is 14.6 Å². The standard InChI is InChI=1S/C24H25FN2O3/c1-3-16(28)9-10-17(29)12-15-8-11-21-19(13-15)23(24(26)30)22(14(2)27-21)18-6-4-5-7-20(18)25/h4-8,11,13,16,28H,3,9-10,12H2,1-2H3,(H2,26,30). The molecule has 0 fully saturated rings. The fraction of sp³-hybridized carbons (Fsp3) is 0.292. The summed E-state index contributed by atoms with van der Waals surface area (Å²) < 4.78 is 14.5. The highest BCUT2D eigenvalue weighted by atomic mass is 19.1. The zero-order valence-electron chi connectivity index (χ0n) is 17.1. The number of benzene rings is 2. The van der Waals surface area contributed by atoms with Crippen LogP contribution in [-0.2, 0) is 11.2 Å². The molecule has 0 spiro atoms. The number of aliphatic hydroxyl groups excluding tert-OH is 1. The molecule has 0 saturated heterocycles. The molecule has 3 aromatic rings. The number of amides is 1. The first-order valence-corrected chi connectivity index (χ1v) is 9.99. The Morgan fingerprint density at radius 2 is 1.93 bits per heavy atom. The van der Waals surface area contributed by atoms with Crippen LogP contribution in [0.3, 0.4) is 0 Å². The molecule has 0 aliphatic heterocycles. The first kappa shape index (κ1) is 21.6. The second-order valence-corrected chi connectivity index (χ2v) is 7.46. The number of rotatable bonds is 8. The van der Waals surface area contributed by atoms with Gasteiger partial charge in [0.15, 0.2) is 0 Å². The van der Waals surface area contributed by atoms with Crippen LogP contribution < -0.4 is 5.73 Å². The molecule has 156 valence electrons. The van der Waals surface area contributed by atoms with Gasteiger partial charge in [-0.1, -0.05) is 31.2 Å². The van der Waals surface area contributed by atoms with E-state index in [0.717, 1.165) is 0 Å². The molecule has 1 aromatic heterocycles. The van der Waals surface area contributed by atoms with Crippen LogP contribution in [0, 0.1) is 12.7 Å². The molecule has 1 unspecified atom stereocenters. The van der Waals surface area contributed by atoms with Crippen molar-refractivity contribution in [2.24, 2.45) is 5.73 Å². The lowest BCUT2D eigenvalue weighted by atomic mass is 9.92. The average Bonchev–Trinajstić information content (AvgIpc) is 2.71. The van der Waals surface area contributed by atoms with E-state index in [-0.39, 0.29) is 29.8 Å². The Hall–Kier alpha value is -3.12. The minimum Gasteiger partial charge on any atom is -0.393 e. The summed E-state index contributed by atoms with van der Waals surface area (Å²) in [5, 5.41) is 10.1. The van der Waals surface area contributed by atoms with Gasteiger partial charge in [0, 0.05) is 35.0 Å². The topological polar surface area (TPSA) is 93.3 Å². The van der Waals surface area contributed by atoms with E-state index >= 15 is 0 Å². The Balaban J connectivity index is 2.07. The molecular weight excluding hydrogens is 383 g/mol. The number of fused-ring (bicyclic) bond motifs is 1. The summed E-state index contributed by atoms with van der Waals surface area (Å²) in [4.78, 5) is 29.2. The summed E-state index contributed by atoms with van der Waals surface area (Å²) in [6.07, 6.45) is 1.00. The van der Waals surface area contributed by atoms with Crippen molar-refractivity contribution >= 4 is 22.6 Å². The van der Waals surface area contributed by atoms with Gasteiger partial charge in [0.1, 0.15) is 11.6 Å². The van der Waals surface area contributed by atoms with Crippen molar-refractivity contribution in [3.8, 4) is 11.1 Å². The minimum atomic E-state index is -0.682. The van der Waals surface area contributed by atoms with Crippen LogP contribution in [0.15, 0.2) is 42.5 Å². The Morgan fingerprint density at radius 3 is 2.60 bits per heavy atom. The van der Waals surface area contributed by atoms with Crippen LogP contribution in [0.4, 0.5) is 4.39 Å². The Bertz CT molecular complexity index is 1110. The molecule has 2 aromatic carbocycles. The third-order valence-electron chi connectivity index (χ3n) is 5.25. The first-order valence-electron chi connectivity index (χ1n) is 9.99. The van der Waals surface area contributed by atoms with Crippen molar-refractivity contribution < 1.29 is 19.1 Å². The monoisotopic (exact) mass is 408 g/mol. The number of pyridine rings is 1. The second kappa shape index (κ2) is 9.13. The number of aromatic nitrogens is 1. The third kappa shape index (κ3) is 4.54.